The van der Waals surface area contributed by atoms with Crippen LogP contribution in [-0.2, 0) is 5.41 Å². The fourth-order valence-corrected chi connectivity index (χ4v) is 11.2. The molecule has 0 atom stereocenters. The number of imidazole rings is 1. The van der Waals surface area contributed by atoms with Crippen LogP contribution in [0.25, 0.3) is 107 Å². The van der Waals surface area contributed by atoms with Crippen molar-refractivity contribution in [1.82, 2.24) is 24.5 Å². The van der Waals surface area contributed by atoms with Gasteiger partial charge in [-0.1, -0.05) is 200 Å². The molecule has 12 aromatic rings. The molecule has 1 spiro atoms. The highest BCUT2D eigenvalue weighted by Crippen LogP contribution is 2.63. The van der Waals surface area contributed by atoms with Crippen molar-refractivity contribution in [2.45, 2.75) is 5.41 Å². The van der Waals surface area contributed by atoms with Gasteiger partial charge >= 0.3 is 0 Å². The van der Waals surface area contributed by atoms with Crippen molar-refractivity contribution < 1.29 is 0 Å². The lowest BCUT2D eigenvalue weighted by molar-refractivity contribution is 0.794. The summed E-state index contributed by atoms with van der Waals surface area (Å²) in [5.74, 6) is 2.65. The molecular formula is C65H41N5. The molecule has 0 aliphatic heterocycles. The maximum absolute atomic E-state index is 5.23. The van der Waals surface area contributed by atoms with Crippen LogP contribution in [-0.4, -0.2) is 24.5 Å². The summed E-state index contributed by atoms with van der Waals surface area (Å²) in [5.41, 5.74) is 21.4. The van der Waals surface area contributed by atoms with Crippen molar-refractivity contribution in [3.63, 3.8) is 0 Å². The molecule has 0 saturated heterocycles. The van der Waals surface area contributed by atoms with Gasteiger partial charge in [-0.05, 0) is 115 Å². The van der Waals surface area contributed by atoms with E-state index in [4.69, 9.17) is 19.9 Å². The van der Waals surface area contributed by atoms with Crippen molar-refractivity contribution in [1.29, 1.82) is 0 Å². The second-order valence-electron chi connectivity index (χ2n) is 18.2. The van der Waals surface area contributed by atoms with Crippen LogP contribution in [0, 0.1) is 0 Å². The molecule has 0 unspecified atom stereocenters. The molecule has 2 aliphatic carbocycles. The highest BCUT2D eigenvalue weighted by molar-refractivity contribution is 5.96. The molecule has 0 fully saturated rings. The lowest BCUT2D eigenvalue weighted by Crippen LogP contribution is -2.25. The molecule has 10 aromatic carbocycles. The molecule has 326 valence electrons. The summed E-state index contributed by atoms with van der Waals surface area (Å²) in [5, 5.41) is 0. The number of hydrogen-bond donors (Lipinski definition) is 0. The maximum atomic E-state index is 5.23. The summed E-state index contributed by atoms with van der Waals surface area (Å²) in [6, 6.07) is 88.7. The molecule has 5 nitrogen and oxygen atoms in total. The van der Waals surface area contributed by atoms with Gasteiger partial charge < -0.3 is 0 Å². The molecule has 2 aromatic heterocycles. The van der Waals surface area contributed by atoms with Crippen LogP contribution in [0.2, 0.25) is 0 Å². The van der Waals surface area contributed by atoms with Crippen LogP contribution in [0.3, 0.4) is 0 Å². The smallest absolute Gasteiger partial charge is 0.164 e. The number of benzene rings is 10. The minimum absolute atomic E-state index is 0.399. The fourth-order valence-electron chi connectivity index (χ4n) is 11.2. The molecule has 70 heavy (non-hydrogen) atoms. The predicted molar refractivity (Wildman–Crippen MR) is 283 cm³/mol. The molecule has 0 saturated carbocycles. The molecule has 0 bridgehead atoms. The summed E-state index contributed by atoms with van der Waals surface area (Å²) in [6.07, 6.45) is 0. The Labute approximate surface area is 405 Å². The average molecular weight is 892 g/mol. The second kappa shape index (κ2) is 15.9. The molecule has 2 heterocycles. The van der Waals surface area contributed by atoms with Crippen molar-refractivity contribution in [2.75, 3.05) is 0 Å². The van der Waals surface area contributed by atoms with Crippen molar-refractivity contribution in [3.05, 3.63) is 271 Å². The topological polar surface area (TPSA) is 56.5 Å². The number of hydrogen-bond acceptors (Lipinski definition) is 4. The molecular weight excluding hydrogens is 851 g/mol. The lowest BCUT2D eigenvalue weighted by Gasteiger charge is -2.30. The Kier molecular flexibility index (Phi) is 9.04. The van der Waals surface area contributed by atoms with E-state index in [1.165, 1.54) is 50.1 Å². The molecule has 2 aliphatic rings. The van der Waals surface area contributed by atoms with Crippen LogP contribution in [0.5, 0.6) is 0 Å². The van der Waals surface area contributed by atoms with Gasteiger partial charge in [0.2, 0.25) is 0 Å². The summed E-state index contributed by atoms with van der Waals surface area (Å²) < 4.78 is 2.22. The van der Waals surface area contributed by atoms with Crippen molar-refractivity contribution in [3.8, 4) is 95.7 Å². The van der Waals surface area contributed by atoms with E-state index in [0.717, 1.165) is 61.5 Å². The first-order chi connectivity index (χ1) is 34.7. The minimum Gasteiger partial charge on any atom is -0.292 e. The van der Waals surface area contributed by atoms with Crippen molar-refractivity contribution >= 4 is 11.0 Å². The first-order valence-corrected chi connectivity index (χ1v) is 23.8. The summed E-state index contributed by atoms with van der Waals surface area (Å²) in [4.78, 5) is 20.6. The van der Waals surface area contributed by atoms with Gasteiger partial charge in [-0.2, -0.15) is 0 Å². The Balaban J connectivity index is 0.860. The van der Waals surface area contributed by atoms with E-state index >= 15 is 0 Å². The number of rotatable bonds is 7. The van der Waals surface area contributed by atoms with Crippen LogP contribution < -0.4 is 0 Å². The maximum Gasteiger partial charge on any atom is 0.164 e. The monoisotopic (exact) mass is 891 g/mol. The first kappa shape index (κ1) is 39.8. The van der Waals surface area contributed by atoms with Crippen LogP contribution >= 0.6 is 0 Å². The van der Waals surface area contributed by atoms with Gasteiger partial charge in [-0.3, -0.25) is 4.57 Å². The number of fused-ring (bicyclic) bond motifs is 11. The third-order valence-electron chi connectivity index (χ3n) is 14.3. The first-order valence-electron chi connectivity index (χ1n) is 23.8. The number of aromatic nitrogens is 5. The third-order valence-corrected chi connectivity index (χ3v) is 14.3. The van der Waals surface area contributed by atoms with Gasteiger partial charge in [0.15, 0.2) is 17.5 Å². The third kappa shape index (κ3) is 6.18. The van der Waals surface area contributed by atoms with E-state index in [1.54, 1.807) is 0 Å². The van der Waals surface area contributed by atoms with Gasteiger partial charge in [0, 0.05) is 27.9 Å². The Morgan fingerprint density at radius 2 is 0.686 bits per heavy atom. The van der Waals surface area contributed by atoms with Crippen LogP contribution in [0.15, 0.2) is 249 Å². The Morgan fingerprint density at radius 3 is 1.29 bits per heavy atom. The summed E-state index contributed by atoms with van der Waals surface area (Å²) >= 11 is 0. The van der Waals surface area contributed by atoms with Crippen molar-refractivity contribution in [2.24, 2.45) is 0 Å². The zero-order valence-corrected chi connectivity index (χ0v) is 37.9. The van der Waals surface area contributed by atoms with Gasteiger partial charge in [-0.25, -0.2) is 19.9 Å². The minimum atomic E-state index is -0.399. The SMILES string of the molecule is c1ccc(-c2nc(-c3cccc(-c4cccc(-c5ccc6c(c5)C5(c7ccccc7-c7ccccc75)c5ccccc5-6)c4)c3)nc(-c3cccc(-c4nc5ccccc5n4-c4ccccc4)c3)n2)cc1. The Morgan fingerprint density at radius 1 is 0.271 bits per heavy atom. The van der Waals surface area contributed by atoms with Crippen LogP contribution in [0.1, 0.15) is 22.3 Å². The van der Waals surface area contributed by atoms with E-state index in [1.807, 2.05) is 42.5 Å². The zero-order valence-electron chi connectivity index (χ0n) is 37.9. The van der Waals surface area contributed by atoms with Gasteiger partial charge in [0.1, 0.15) is 5.82 Å². The highest BCUT2D eigenvalue weighted by atomic mass is 15.1. The van der Waals surface area contributed by atoms with Crippen LogP contribution in [0.4, 0.5) is 0 Å². The summed E-state index contributed by atoms with van der Waals surface area (Å²) in [7, 11) is 0. The number of para-hydroxylation sites is 3. The fraction of sp³-hybridized carbons (Fsp3) is 0.0154. The highest BCUT2D eigenvalue weighted by Gasteiger charge is 2.51. The molecule has 5 heteroatoms. The predicted octanol–water partition coefficient (Wildman–Crippen LogP) is 15.6. The molecule has 0 amide bonds. The van der Waals surface area contributed by atoms with Gasteiger partial charge in [0.05, 0.1) is 16.4 Å². The lowest BCUT2D eigenvalue weighted by atomic mass is 9.70. The average Bonchev–Trinajstić information content (AvgIpc) is 4.08. The van der Waals surface area contributed by atoms with Gasteiger partial charge in [0.25, 0.3) is 0 Å². The van der Waals surface area contributed by atoms with Gasteiger partial charge in [-0.15, -0.1) is 0 Å². The largest absolute Gasteiger partial charge is 0.292 e. The summed E-state index contributed by atoms with van der Waals surface area (Å²) in [6.45, 7) is 0. The standard InChI is InChI=1S/C65H41N5/c1-3-18-42(19-4-1)61-67-62(69-63(68-61)48-24-17-25-49(40-48)64-66-59-34-13-14-35-60(59)70(64)50-26-5-2-6-27-50)47-23-16-22-45(39-47)43-20-15-21-44(38-43)46-36-37-54-53-30-9-12-33-57(53)65(58(54)41-46)55-31-10-7-28-51(55)52-29-8-11-32-56(52)65/h1-41H. The molecule has 0 radical (unpaired) electrons. The van der Waals surface area contributed by atoms with E-state index in [0.29, 0.717) is 17.5 Å². The quantitative estimate of drug-likeness (QED) is 0.160. The molecule has 0 N–H and O–H groups in total. The van der Waals surface area contributed by atoms with E-state index in [-0.39, 0.29) is 0 Å². The Hall–Kier alpha value is -9.32. The van der Waals surface area contributed by atoms with E-state index < -0.39 is 5.41 Å². The van der Waals surface area contributed by atoms with E-state index in [9.17, 15) is 0 Å². The second-order valence-corrected chi connectivity index (χ2v) is 18.2. The van der Waals surface area contributed by atoms with E-state index in [2.05, 4.69) is 211 Å². The normalized spacial score (nSPS) is 12.7. The zero-order chi connectivity index (χ0) is 46.2. The number of nitrogens with zero attached hydrogens (tertiary/aromatic N) is 5. The molecule has 14 rings (SSSR count). The Bertz CT molecular complexity index is 3960.